The first-order valence-corrected chi connectivity index (χ1v) is 4.45. The van der Waals surface area contributed by atoms with Crippen molar-refractivity contribution >= 4 is 17.6 Å². The fraction of sp³-hybridized carbons (Fsp3) is 0.300. The monoisotopic (exact) mass is 214 g/mol. The molecule has 0 heterocycles. The van der Waals surface area contributed by atoms with E-state index in [1.165, 1.54) is 7.11 Å². The third-order valence-corrected chi connectivity index (χ3v) is 2.37. The second-order valence-electron chi connectivity index (χ2n) is 2.96. The Morgan fingerprint density at radius 2 is 2.21 bits per heavy atom. The lowest BCUT2D eigenvalue weighted by Crippen LogP contribution is -2.13. The Hall–Kier alpha value is -1.06. The van der Waals surface area contributed by atoms with Crippen LogP contribution in [0.5, 0.6) is 0 Å². The molecule has 76 valence electrons. The second-order valence-corrected chi connectivity index (χ2v) is 3.37. The maximum absolute atomic E-state index is 10.8. The number of carboxylic acid groups (broad SMARTS) is 1. The minimum absolute atomic E-state index is 0.547. The zero-order valence-electron chi connectivity index (χ0n) is 7.95. The van der Waals surface area contributed by atoms with Gasteiger partial charge in [-0.15, -0.1) is 0 Å². The van der Waals surface area contributed by atoms with Crippen LogP contribution in [-0.2, 0) is 9.53 Å². The summed E-state index contributed by atoms with van der Waals surface area (Å²) in [4.78, 5) is 10.8. The van der Waals surface area contributed by atoms with E-state index in [-0.39, 0.29) is 0 Å². The van der Waals surface area contributed by atoms with Gasteiger partial charge in [0.1, 0.15) is 0 Å². The van der Waals surface area contributed by atoms with Gasteiger partial charge in [0, 0.05) is 12.1 Å². The van der Waals surface area contributed by atoms with Crippen molar-refractivity contribution in [3.8, 4) is 0 Å². The van der Waals surface area contributed by atoms with Crippen molar-refractivity contribution in [3.05, 3.63) is 34.3 Å². The standard InChI is InChI=1S/C10H11ClO3/c1-6-3-4-7(5-8(6)11)9(14-2)10(12)13/h3-5,9H,1-2H3,(H,12,13). The van der Waals surface area contributed by atoms with Crippen LogP contribution in [0, 0.1) is 6.92 Å². The highest BCUT2D eigenvalue weighted by molar-refractivity contribution is 6.31. The molecule has 1 rings (SSSR count). The molecular weight excluding hydrogens is 204 g/mol. The molecule has 0 saturated carbocycles. The Morgan fingerprint density at radius 1 is 1.57 bits per heavy atom. The van der Waals surface area contributed by atoms with Crippen LogP contribution < -0.4 is 0 Å². The van der Waals surface area contributed by atoms with Gasteiger partial charge >= 0.3 is 5.97 Å². The largest absolute Gasteiger partial charge is 0.479 e. The summed E-state index contributed by atoms with van der Waals surface area (Å²) in [6.45, 7) is 1.86. The van der Waals surface area contributed by atoms with Crippen molar-refractivity contribution in [1.82, 2.24) is 0 Å². The normalized spacial score (nSPS) is 12.5. The third-order valence-electron chi connectivity index (χ3n) is 1.96. The van der Waals surface area contributed by atoms with Gasteiger partial charge in [-0.3, -0.25) is 0 Å². The van der Waals surface area contributed by atoms with E-state index in [9.17, 15) is 4.79 Å². The van der Waals surface area contributed by atoms with E-state index < -0.39 is 12.1 Å². The molecule has 0 aliphatic heterocycles. The molecule has 3 nitrogen and oxygen atoms in total. The predicted octanol–water partition coefficient (Wildman–Crippen LogP) is 2.42. The Balaban J connectivity index is 3.06. The summed E-state index contributed by atoms with van der Waals surface area (Å²) in [5, 5.41) is 9.37. The van der Waals surface area contributed by atoms with Crippen molar-refractivity contribution in [2.75, 3.05) is 7.11 Å². The zero-order valence-corrected chi connectivity index (χ0v) is 8.71. The van der Waals surface area contributed by atoms with Gasteiger partial charge < -0.3 is 9.84 Å². The number of methoxy groups -OCH3 is 1. The van der Waals surface area contributed by atoms with Crippen LogP contribution in [-0.4, -0.2) is 18.2 Å². The fourth-order valence-electron chi connectivity index (χ4n) is 1.15. The van der Waals surface area contributed by atoms with E-state index in [0.717, 1.165) is 5.56 Å². The molecule has 1 N–H and O–H groups in total. The summed E-state index contributed by atoms with van der Waals surface area (Å²) in [6, 6.07) is 5.08. The molecular formula is C10H11ClO3. The molecule has 0 saturated heterocycles. The first-order chi connectivity index (χ1) is 6.56. The van der Waals surface area contributed by atoms with Gasteiger partial charge in [-0.1, -0.05) is 23.7 Å². The number of benzene rings is 1. The number of carbonyl (C=O) groups is 1. The van der Waals surface area contributed by atoms with Gasteiger partial charge in [-0.25, -0.2) is 4.79 Å². The number of aliphatic carboxylic acids is 1. The summed E-state index contributed by atoms with van der Waals surface area (Å²) in [6.07, 6.45) is -0.951. The van der Waals surface area contributed by atoms with Crippen molar-refractivity contribution in [2.45, 2.75) is 13.0 Å². The van der Waals surface area contributed by atoms with E-state index in [1.807, 2.05) is 6.92 Å². The van der Waals surface area contributed by atoms with Gasteiger partial charge in [0.2, 0.25) is 0 Å². The van der Waals surface area contributed by atoms with E-state index in [4.69, 9.17) is 21.4 Å². The molecule has 0 bridgehead atoms. The lowest BCUT2D eigenvalue weighted by atomic mass is 10.1. The molecule has 0 aliphatic rings. The Bertz CT molecular complexity index is 349. The van der Waals surface area contributed by atoms with Crippen molar-refractivity contribution in [3.63, 3.8) is 0 Å². The first-order valence-electron chi connectivity index (χ1n) is 4.08. The summed E-state index contributed by atoms with van der Waals surface area (Å²) < 4.78 is 4.83. The maximum Gasteiger partial charge on any atom is 0.337 e. The quantitative estimate of drug-likeness (QED) is 0.841. The lowest BCUT2D eigenvalue weighted by molar-refractivity contribution is -0.148. The third kappa shape index (κ3) is 2.25. The second kappa shape index (κ2) is 4.44. The van der Waals surface area contributed by atoms with Crippen LogP contribution in [0.4, 0.5) is 0 Å². The van der Waals surface area contributed by atoms with Gasteiger partial charge in [0.05, 0.1) is 0 Å². The summed E-state index contributed by atoms with van der Waals surface area (Å²) in [5.41, 5.74) is 1.46. The minimum Gasteiger partial charge on any atom is -0.479 e. The lowest BCUT2D eigenvalue weighted by Gasteiger charge is -2.11. The molecule has 14 heavy (non-hydrogen) atoms. The molecule has 0 radical (unpaired) electrons. The van der Waals surface area contributed by atoms with Gasteiger partial charge in [0.15, 0.2) is 6.10 Å². The van der Waals surface area contributed by atoms with Crippen LogP contribution >= 0.6 is 11.6 Å². The first kappa shape index (κ1) is 11.0. The Morgan fingerprint density at radius 3 is 2.64 bits per heavy atom. The smallest absolute Gasteiger partial charge is 0.337 e. The highest BCUT2D eigenvalue weighted by Crippen LogP contribution is 2.23. The van der Waals surface area contributed by atoms with Crippen LogP contribution in [0.15, 0.2) is 18.2 Å². The van der Waals surface area contributed by atoms with Crippen LogP contribution in [0.3, 0.4) is 0 Å². The van der Waals surface area contributed by atoms with Crippen LogP contribution in [0.25, 0.3) is 0 Å². The SMILES string of the molecule is COC(C(=O)O)c1ccc(C)c(Cl)c1. The molecule has 1 aromatic rings. The molecule has 1 unspecified atom stereocenters. The molecule has 0 aromatic heterocycles. The molecule has 1 aromatic carbocycles. The van der Waals surface area contributed by atoms with E-state index >= 15 is 0 Å². The predicted molar refractivity (Wildman–Crippen MR) is 53.6 cm³/mol. The highest BCUT2D eigenvalue weighted by Gasteiger charge is 2.19. The van der Waals surface area contributed by atoms with E-state index in [2.05, 4.69) is 0 Å². The summed E-state index contributed by atoms with van der Waals surface area (Å²) >= 11 is 5.87. The molecule has 4 heteroatoms. The number of hydrogen-bond acceptors (Lipinski definition) is 2. The minimum atomic E-state index is -1.02. The fourth-order valence-corrected chi connectivity index (χ4v) is 1.34. The van der Waals surface area contributed by atoms with Crippen molar-refractivity contribution in [2.24, 2.45) is 0 Å². The number of hydrogen-bond donors (Lipinski definition) is 1. The number of carboxylic acids is 1. The topological polar surface area (TPSA) is 46.5 Å². The van der Waals surface area contributed by atoms with Crippen LogP contribution in [0.2, 0.25) is 5.02 Å². The molecule has 0 spiro atoms. The van der Waals surface area contributed by atoms with E-state index in [1.54, 1.807) is 18.2 Å². The zero-order chi connectivity index (χ0) is 10.7. The maximum atomic E-state index is 10.8. The Kier molecular flexibility index (Phi) is 3.49. The molecule has 0 amide bonds. The van der Waals surface area contributed by atoms with Gasteiger partial charge in [-0.2, -0.15) is 0 Å². The van der Waals surface area contributed by atoms with Crippen LogP contribution in [0.1, 0.15) is 17.2 Å². The van der Waals surface area contributed by atoms with Crippen molar-refractivity contribution < 1.29 is 14.6 Å². The number of aryl methyl sites for hydroxylation is 1. The van der Waals surface area contributed by atoms with Crippen molar-refractivity contribution in [1.29, 1.82) is 0 Å². The highest BCUT2D eigenvalue weighted by atomic mass is 35.5. The number of halogens is 1. The van der Waals surface area contributed by atoms with Gasteiger partial charge in [0.25, 0.3) is 0 Å². The molecule has 0 fully saturated rings. The average Bonchev–Trinajstić information content (AvgIpc) is 2.11. The molecule has 1 atom stereocenters. The summed E-state index contributed by atoms with van der Waals surface area (Å²) in [5.74, 6) is -1.02. The number of rotatable bonds is 3. The number of ether oxygens (including phenoxy) is 1. The van der Waals surface area contributed by atoms with E-state index in [0.29, 0.717) is 10.6 Å². The summed E-state index contributed by atoms with van der Waals surface area (Å²) in [7, 11) is 1.35. The Labute approximate surface area is 87.3 Å². The average molecular weight is 215 g/mol. The van der Waals surface area contributed by atoms with Gasteiger partial charge in [-0.05, 0) is 24.1 Å². The molecule has 0 aliphatic carbocycles.